The van der Waals surface area contributed by atoms with Crippen molar-refractivity contribution in [1.82, 2.24) is 4.57 Å². The number of carbonyl (C=O) groups is 1. The summed E-state index contributed by atoms with van der Waals surface area (Å²) in [6.45, 7) is 1.71. The smallest absolute Gasteiger partial charge is 0.252 e. The molecule has 0 atom stereocenters. The summed E-state index contributed by atoms with van der Waals surface area (Å²) in [6, 6.07) is 10.4. The normalized spacial score (nSPS) is 12.7. The van der Waals surface area contributed by atoms with Crippen molar-refractivity contribution in [2.75, 3.05) is 5.75 Å². The van der Waals surface area contributed by atoms with Crippen molar-refractivity contribution >= 4 is 47.3 Å². The summed E-state index contributed by atoms with van der Waals surface area (Å²) in [5.74, 6) is 2.04. The van der Waals surface area contributed by atoms with Gasteiger partial charge in [-0.15, -0.1) is 6.42 Å². The summed E-state index contributed by atoms with van der Waals surface area (Å²) < 4.78 is 49.2. The number of carbonyl (C=O) groups excluding carboxylic acids is 1. The summed E-state index contributed by atoms with van der Waals surface area (Å²) in [5, 5.41) is 5.19. The molecule has 0 saturated carbocycles. The second-order valence-corrected chi connectivity index (χ2v) is 11.4. The van der Waals surface area contributed by atoms with Crippen molar-refractivity contribution in [3.8, 4) is 12.3 Å². The molecule has 2 aromatic carbocycles. The predicted molar refractivity (Wildman–Crippen MR) is 118 cm³/mol. The van der Waals surface area contributed by atoms with Gasteiger partial charge in [0, 0.05) is 0 Å². The zero-order chi connectivity index (χ0) is 22.8. The van der Waals surface area contributed by atoms with E-state index in [-0.39, 0.29) is 28.5 Å². The van der Waals surface area contributed by atoms with Crippen LogP contribution in [-0.4, -0.2) is 33.1 Å². The Labute approximate surface area is 184 Å². The molecule has 162 valence electrons. The van der Waals surface area contributed by atoms with Crippen LogP contribution in [0.4, 0.5) is 0 Å². The van der Waals surface area contributed by atoms with E-state index < -0.39 is 25.8 Å². The fourth-order valence-electron chi connectivity index (χ4n) is 2.86. The first kappa shape index (κ1) is 22.9. The van der Waals surface area contributed by atoms with E-state index in [0.29, 0.717) is 20.6 Å². The highest BCUT2D eigenvalue weighted by Gasteiger charge is 2.14. The van der Waals surface area contributed by atoms with Crippen LogP contribution in [0, 0.1) is 12.3 Å². The van der Waals surface area contributed by atoms with Gasteiger partial charge in [0.1, 0.15) is 0 Å². The molecule has 11 heteroatoms. The quantitative estimate of drug-likeness (QED) is 0.537. The number of sulfone groups is 1. The van der Waals surface area contributed by atoms with Gasteiger partial charge in [0.15, 0.2) is 14.6 Å². The minimum Gasteiger partial charge on any atom is -0.305 e. The molecule has 0 aliphatic carbocycles. The first-order valence-corrected chi connectivity index (χ1v) is 13.1. The van der Waals surface area contributed by atoms with E-state index in [2.05, 4.69) is 10.9 Å². The number of fused-ring (bicyclic) bond motifs is 1. The Morgan fingerprint density at radius 1 is 1.13 bits per heavy atom. The van der Waals surface area contributed by atoms with Gasteiger partial charge in [-0.25, -0.2) is 22.0 Å². The van der Waals surface area contributed by atoms with Crippen molar-refractivity contribution in [2.45, 2.75) is 29.7 Å². The highest BCUT2D eigenvalue weighted by molar-refractivity contribution is 7.91. The van der Waals surface area contributed by atoms with Gasteiger partial charge in [0.25, 0.3) is 5.91 Å². The Morgan fingerprint density at radius 2 is 1.77 bits per heavy atom. The Bertz CT molecular complexity index is 1470. The van der Waals surface area contributed by atoms with Crippen molar-refractivity contribution in [3.05, 3.63) is 52.8 Å². The van der Waals surface area contributed by atoms with Crippen molar-refractivity contribution in [2.24, 2.45) is 10.1 Å². The first-order chi connectivity index (χ1) is 14.5. The SMILES string of the molecule is C#CCn1c(=NC(=O)Cc2ccc(S(=O)(=O)CC)cc2)sc2cc(S(N)(=O)=O)ccc21. The highest BCUT2D eigenvalue weighted by Crippen LogP contribution is 2.21. The van der Waals surface area contributed by atoms with Gasteiger partial charge >= 0.3 is 0 Å². The number of nitrogens with zero attached hydrogens (tertiary/aromatic N) is 2. The maximum absolute atomic E-state index is 12.5. The summed E-state index contributed by atoms with van der Waals surface area (Å²) in [6.07, 6.45) is 5.41. The number of benzene rings is 2. The van der Waals surface area contributed by atoms with Gasteiger partial charge in [0.05, 0.1) is 38.7 Å². The summed E-state index contributed by atoms with van der Waals surface area (Å²) in [4.78, 5) is 17.1. The second kappa shape index (κ2) is 8.76. The van der Waals surface area contributed by atoms with Crippen LogP contribution >= 0.6 is 11.3 Å². The van der Waals surface area contributed by atoms with Crippen LogP contribution in [0.15, 0.2) is 57.2 Å². The van der Waals surface area contributed by atoms with Crippen LogP contribution in [0.3, 0.4) is 0 Å². The lowest BCUT2D eigenvalue weighted by molar-refractivity contribution is -0.117. The number of hydrogen-bond acceptors (Lipinski definition) is 6. The van der Waals surface area contributed by atoms with Crippen LogP contribution in [0.25, 0.3) is 10.2 Å². The lowest BCUT2D eigenvalue weighted by Crippen LogP contribution is -2.17. The third-order valence-corrected chi connectivity index (χ3v) is 8.17. The van der Waals surface area contributed by atoms with Crippen molar-refractivity contribution < 1.29 is 21.6 Å². The zero-order valence-electron chi connectivity index (χ0n) is 16.5. The Hall–Kier alpha value is -2.78. The zero-order valence-corrected chi connectivity index (χ0v) is 18.9. The van der Waals surface area contributed by atoms with Gasteiger partial charge < -0.3 is 4.57 Å². The first-order valence-electron chi connectivity index (χ1n) is 9.04. The molecule has 1 heterocycles. The number of rotatable bonds is 6. The highest BCUT2D eigenvalue weighted by atomic mass is 32.2. The maximum atomic E-state index is 12.5. The number of hydrogen-bond donors (Lipinski definition) is 1. The molecule has 0 spiro atoms. The van der Waals surface area contributed by atoms with Crippen LogP contribution in [0.2, 0.25) is 0 Å². The number of aromatic nitrogens is 1. The molecule has 1 amide bonds. The Kier molecular flexibility index (Phi) is 6.47. The van der Waals surface area contributed by atoms with E-state index in [9.17, 15) is 21.6 Å². The number of thiazole rings is 1. The molecule has 0 bridgehead atoms. The minimum atomic E-state index is -3.87. The van der Waals surface area contributed by atoms with Crippen LogP contribution in [0.1, 0.15) is 12.5 Å². The van der Waals surface area contributed by atoms with Crippen molar-refractivity contribution in [1.29, 1.82) is 0 Å². The number of sulfonamides is 1. The third kappa shape index (κ3) is 5.11. The number of terminal acetylenes is 1. The van der Waals surface area contributed by atoms with Gasteiger partial charge in [-0.1, -0.05) is 36.3 Å². The molecule has 2 N–H and O–H groups in total. The second-order valence-electron chi connectivity index (χ2n) is 6.58. The molecule has 0 fully saturated rings. The molecule has 3 aromatic rings. The average Bonchev–Trinajstić information content (AvgIpc) is 3.04. The van der Waals surface area contributed by atoms with E-state index >= 15 is 0 Å². The Balaban J connectivity index is 1.96. The van der Waals surface area contributed by atoms with Crippen molar-refractivity contribution in [3.63, 3.8) is 0 Å². The predicted octanol–water partition coefficient (Wildman–Crippen LogP) is 1.45. The van der Waals surface area contributed by atoms with Crippen LogP contribution in [0.5, 0.6) is 0 Å². The van der Waals surface area contributed by atoms with Gasteiger partial charge in [-0.05, 0) is 35.9 Å². The molecular formula is C20H19N3O5S3. The third-order valence-electron chi connectivity index (χ3n) is 4.47. The van der Waals surface area contributed by atoms with Gasteiger partial charge in [0.2, 0.25) is 10.0 Å². The lowest BCUT2D eigenvalue weighted by Gasteiger charge is -2.03. The molecule has 0 aliphatic heterocycles. The Morgan fingerprint density at radius 3 is 2.35 bits per heavy atom. The average molecular weight is 478 g/mol. The number of primary sulfonamides is 1. The fourth-order valence-corrected chi connectivity index (χ4v) is 5.45. The van der Waals surface area contributed by atoms with Gasteiger partial charge in [-0.2, -0.15) is 4.99 Å². The van der Waals surface area contributed by atoms with E-state index in [1.165, 1.54) is 24.3 Å². The molecule has 0 aliphatic rings. The van der Waals surface area contributed by atoms with Crippen LogP contribution in [-0.2, 0) is 37.6 Å². The summed E-state index contributed by atoms with van der Waals surface area (Å²) >= 11 is 1.12. The molecule has 0 radical (unpaired) electrons. The maximum Gasteiger partial charge on any atom is 0.252 e. The lowest BCUT2D eigenvalue weighted by atomic mass is 10.1. The van der Waals surface area contributed by atoms with E-state index in [1.54, 1.807) is 29.7 Å². The van der Waals surface area contributed by atoms with E-state index in [1.807, 2.05) is 0 Å². The molecule has 1 aromatic heterocycles. The molecule has 0 saturated heterocycles. The molecule has 31 heavy (non-hydrogen) atoms. The molecule has 8 nitrogen and oxygen atoms in total. The molecule has 3 rings (SSSR count). The largest absolute Gasteiger partial charge is 0.305 e. The standard InChI is InChI=1S/C20H19N3O5S3/c1-3-11-23-17-10-9-16(31(21,27)28)13-18(17)29-20(23)22-19(24)12-14-5-7-15(8-6-14)30(25,26)4-2/h1,5-10,13H,4,11-12H2,2H3,(H2,21,27,28). The van der Waals surface area contributed by atoms with Gasteiger partial charge in [-0.3, -0.25) is 4.79 Å². The van der Waals surface area contributed by atoms with Crippen LogP contribution < -0.4 is 9.94 Å². The molecule has 0 unspecified atom stereocenters. The van der Waals surface area contributed by atoms with E-state index in [0.717, 1.165) is 11.3 Å². The number of amides is 1. The molecular weight excluding hydrogens is 458 g/mol. The number of nitrogens with two attached hydrogens (primary N) is 1. The van der Waals surface area contributed by atoms with E-state index in [4.69, 9.17) is 11.6 Å². The minimum absolute atomic E-state index is 0.00506. The monoisotopic (exact) mass is 477 g/mol. The summed E-state index contributed by atoms with van der Waals surface area (Å²) in [7, 11) is -7.19. The topological polar surface area (TPSA) is 129 Å². The summed E-state index contributed by atoms with van der Waals surface area (Å²) in [5.41, 5.74) is 1.25. The fraction of sp³-hybridized carbons (Fsp3) is 0.200.